The number of thioether (sulfide) groups is 1. The molecular formula is C12H11FN2O3S. The lowest BCUT2D eigenvalue weighted by Gasteiger charge is -2.04. The van der Waals surface area contributed by atoms with E-state index in [1.165, 1.54) is 24.3 Å². The molecule has 7 heteroatoms. The molecule has 0 unspecified atom stereocenters. The summed E-state index contributed by atoms with van der Waals surface area (Å²) in [6.45, 7) is 1.57. The number of rotatable bonds is 3. The fourth-order valence-corrected chi connectivity index (χ4v) is 2.28. The van der Waals surface area contributed by atoms with Gasteiger partial charge in [0.1, 0.15) is 11.6 Å². The topological polar surface area (TPSA) is 78.2 Å². The number of carbonyl (C=O) groups is 1. The van der Waals surface area contributed by atoms with Gasteiger partial charge in [0.2, 0.25) is 0 Å². The molecule has 1 heterocycles. The number of aryl methyl sites for hydroxylation is 1. The zero-order valence-electron chi connectivity index (χ0n) is 10.1. The van der Waals surface area contributed by atoms with Crippen LogP contribution in [0.2, 0.25) is 0 Å². The second-order valence-electron chi connectivity index (χ2n) is 3.84. The molecule has 0 saturated heterocycles. The summed E-state index contributed by atoms with van der Waals surface area (Å²) in [6.07, 6.45) is 0. The van der Waals surface area contributed by atoms with Crippen molar-refractivity contribution in [2.45, 2.75) is 11.8 Å². The molecule has 2 aromatic rings. The number of hydrogen-bond acceptors (Lipinski definition) is 5. The van der Waals surface area contributed by atoms with E-state index in [1.54, 1.807) is 6.92 Å². The first-order valence-electron chi connectivity index (χ1n) is 5.38. The summed E-state index contributed by atoms with van der Waals surface area (Å²) in [6, 6.07) is 5.12. The number of benzene rings is 1. The Morgan fingerprint density at radius 3 is 2.84 bits per heavy atom. The maximum Gasteiger partial charge on any atom is 0.290 e. The van der Waals surface area contributed by atoms with E-state index < -0.39 is 17.3 Å². The summed E-state index contributed by atoms with van der Waals surface area (Å²) in [4.78, 5) is 23.6. The molecule has 1 aromatic carbocycles. The van der Waals surface area contributed by atoms with Crippen molar-refractivity contribution in [2.75, 3.05) is 11.5 Å². The van der Waals surface area contributed by atoms with Gasteiger partial charge in [0, 0.05) is 16.6 Å². The van der Waals surface area contributed by atoms with Crippen molar-refractivity contribution < 1.29 is 13.7 Å². The van der Waals surface area contributed by atoms with Crippen LogP contribution in [0.15, 0.2) is 38.5 Å². The molecular weight excluding hydrogens is 271 g/mol. The highest BCUT2D eigenvalue weighted by Gasteiger charge is 2.13. The molecule has 0 aliphatic rings. The molecule has 1 aromatic heterocycles. The summed E-state index contributed by atoms with van der Waals surface area (Å²) in [5.74, 6) is -0.670. The van der Waals surface area contributed by atoms with Gasteiger partial charge in [-0.3, -0.25) is 9.59 Å². The maximum atomic E-state index is 13.0. The van der Waals surface area contributed by atoms with Gasteiger partial charge in [-0.25, -0.2) is 4.39 Å². The average Bonchev–Trinajstić information content (AvgIpc) is 2.69. The van der Waals surface area contributed by atoms with Crippen LogP contribution in [0.4, 0.5) is 10.1 Å². The van der Waals surface area contributed by atoms with Crippen molar-refractivity contribution in [3.8, 4) is 0 Å². The summed E-state index contributed by atoms with van der Waals surface area (Å²) in [5.41, 5.74) is 5.52. The van der Waals surface area contributed by atoms with Gasteiger partial charge in [-0.05, 0) is 25.1 Å². The smallest absolute Gasteiger partial charge is 0.290 e. The number of halogens is 1. The Morgan fingerprint density at radius 1 is 1.47 bits per heavy atom. The Bertz CT molecular complexity index is 678. The van der Waals surface area contributed by atoms with Crippen LogP contribution in [0.1, 0.15) is 10.6 Å². The summed E-state index contributed by atoms with van der Waals surface area (Å²) < 4.78 is 18.7. The summed E-state index contributed by atoms with van der Waals surface area (Å²) >= 11 is 1.05. The van der Waals surface area contributed by atoms with Crippen LogP contribution >= 0.6 is 11.8 Å². The van der Waals surface area contributed by atoms with E-state index in [9.17, 15) is 14.0 Å². The quantitative estimate of drug-likeness (QED) is 0.687. The number of anilines is 1. The van der Waals surface area contributed by atoms with Crippen molar-refractivity contribution in [1.82, 2.24) is 4.74 Å². The normalized spacial score (nSPS) is 10.6. The Hall–Kier alpha value is -2.02. The van der Waals surface area contributed by atoms with Crippen molar-refractivity contribution in [1.29, 1.82) is 0 Å². The fraction of sp³-hybridized carbons (Fsp3) is 0.167. The second-order valence-corrected chi connectivity index (χ2v) is 4.86. The predicted molar refractivity (Wildman–Crippen MR) is 69.9 cm³/mol. The maximum absolute atomic E-state index is 13.0. The van der Waals surface area contributed by atoms with Crippen molar-refractivity contribution in [3.63, 3.8) is 0 Å². The van der Waals surface area contributed by atoms with Gasteiger partial charge in [0.15, 0.2) is 0 Å². The minimum Gasteiger partial charge on any atom is -0.398 e. The fourth-order valence-electron chi connectivity index (χ4n) is 1.45. The van der Waals surface area contributed by atoms with E-state index in [0.29, 0.717) is 21.1 Å². The van der Waals surface area contributed by atoms with Gasteiger partial charge >= 0.3 is 0 Å². The third kappa shape index (κ3) is 3.05. The SMILES string of the molecule is Cc1cc(=O)n(C(=O)CSc2cc(F)ccc2N)o1. The van der Waals surface area contributed by atoms with Gasteiger partial charge in [0.05, 0.1) is 5.75 Å². The lowest BCUT2D eigenvalue weighted by atomic mass is 10.3. The molecule has 19 heavy (non-hydrogen) atoms. The van der Waals surface area contributed by atoms with E-state index in [4.69, 9.17) is 10.3 Å². The molecule has 0 spiro atoms. The molecule has 0 radical (unpaired) electrons. The standard InChI is InChI=1S/C12H11FN2O3S/c1-7-4-11(16)15(18-7)12(17)6-19-10-5-8(13)2-3-9(10)14/h2-5H,6,14H2,1H3. The Kier molecular flexibility index (Phi) is 3.75. The van der Waals surface area contributed by atoms with Crippen molar-refractivity contribution >= 4 is 23.4 Å². The van der Waals surface area contributed by atoms with Crippen LogP contribution in [0.25, 0.3) is 0 Å². The molecule has 0 aliphatic carbocycles. The van der Waals surface area contributed by atoms with Crippen LogP contribution < -0.4 is 11.3 Å². The third-order valence-electron chi connectivity index (χ3n) is 2.32. The molecule has 100 valence electrons. The van der Waals surface area contributed by atoms with Crippen LogP contribution in [0, 0.1) is 12.7 Å². The van der Waals surface area contributed by atoms with Crippen molar-refractivity contribution in [3.05, 3.63) is 46.2 Å². The third-order valence-corrected chi connectivity index (χ3v) is 3.37. The zero-order chi connectivity index (χ0) is 14.0. The molecule has 0 atom stereocenters. The van der Waals surface area contributed by atoms with Crippen LogP contribution in [-0.4, -0.2) is 16.4 Å². The Morgan fingerprint density at radius 2 is 2.21 bits per heavy atom. The first kappa shape index (κ1) is 13.4. The number of hydrogen-bond donors (Lipinski definition) is 1. The first-order chi connectivity index (χ1) is 8.97. The molecule has 2 N–H and O–H groups in total. The average molecular weight is 282 g/mol. The summed E-state index contributed by atoms with van der Waals surface area (Å²) in [5, 5.41) is 0. The van der Waals surface area contributed by atoms with E-state index >= 15 is 0 Å². The number of carbonyl (C=O) groups excluding carboxylic acids is 1. The highest BCUT2D eigenvalue weighted by Crippen LogP contribution is 2.25. The molecule has 2 rings (SSSR count). The molecule has 0 saturated carbocycles. The van der Waals surface area contributed by atoms with Gasteiger partial charge in [-0.15, -0.1) is 16.5 Å². The first-order valence-corrected chi connectivity index (χ1v) is 6.37. The minimum atomic E-state index is -0.522. The minimum absolute atomic E-state index is 0.0689. The molecule has 0 fully saturated rings. The molecule has 0 bridgehead atoms. The second kappa shape index (κ2) is 5.31. The highest BCUT2D eigenvalue weighted by molar-refractivity contribution is 8.00. The lowest BCUT2D eigenvalue weighted by molar-refractivity contribution is 0.0813. The monoisotopic (exact) mass is 282 g/mol. The molecule has 0 amide bonds. The number of nitrogen functional groups attached to an aromatic ring is 1. The van der Waals surface area contributed by atoms with Crippen molar-refractivity contribution in [2.24, 2.45) is 0 Å². The van der Waals surface area contributed by atoms with Gasteiger partial charge < -0.3 is 10.3 Å². The van der Waals surface area contributed by atoms with E-state index in [1.807, 2.05) is 0 Å². The van der Waals surface area contributed by atoms with E-state index in [0.717, 1.165) is 11.8 Å². The molecule has 0 aliphatic heterocycles. The van der Waals surface area contributed by atoms with Gasteiger partial charge in [-0.1, -0.05) is 0 Å². The predicted octanol–water partition coefficient (Wildman–Crippen LogP) is 1.90. The van der Waals surface area contributed by atoms with Crippen LogP contribution in [0.5, 0.6) is 0 Å². The van der Waals surface area contributed by atoms with Gasteiger partial charge in [0.25, 0.3) is 11.5 Å². The largest absolute Gasteiger partial charge is 0.398 e. The Balaban J connectivity index is 2.10. The highest BCUT2D eigenvalue weighted by atomic mass is 32.2. The lowest BCUT2D eigenvalue weighted by Crippen LogP contribution is -2.23. The van der Waals surface area contributed by atoms with Crippen LogP contribution in [0.3, 0.4) is 0 Å². The van der Waals surface area contributed by atoms with Gasteiger partial charge in [-0.2, -0.15) is 0 Å². The van der Waals surface area contributed by atoms with E-state index in [-0.39, 0.29) is 5.75 Å². The Labute approximate surface area is 112 Å². The van der Waals surface area contributed by atoms with Crippen LogP contribution in [-0.2, 0) is 0 Å². The summed E-state index contributed by atoms with van der Waals surface area (Å²) in [7, 11) is 0. The number of aromatic nitrogens is 1. The number of nitrogens with zero attached hydrogens (tertiary/aromatic N) is 1. The molecule has 5 nitrogen and oxygen atoms in total. The van der Waals surface area contributed by atoms with E-state index in [2.05, 4.69) is 0 Å². The zero-order valence-corrected chi connectivity index (χ0v) is 10.9. The number of nitrogens with two attached hydrogens (primary N) is 1.